The lowest BCUT2D eigenvalue weighted by molar-refractivity contribution is -0.117. The smallest absolute Gasteiger partial charge is 0.279 e. The summed E-state index contributed by atoms with van der Waals surface area (Å²) in [4.78, 5) is 37.3. The summed E-state index contributed by atoms with van der Waals surface area (Å²) in [6, 6.07) is 19.4. The van der Waals surface area contributed by atoms with Gasteiger partial charge in [-0.2, -0.15) is 0 Å². The minimum absolute atomic E-state index is 0.111. The number of hydrogen-bond acceptors (Lipinski definition) is 4. The SMILES string of the molecule is CCc1ccc(N(C(=O)c2cnccn2)[C@@H](C(=O)Nc2ccc(F)cc2)c2ccccc2C)cc1. The van der Waals surface area contributed by atoms with E-state index in [0.29, 0.717) is 16.9 Å². The highest BCUT2D eigenvalue weighted by atomic mass is 19.1. The molecule has 0 aliphatic heterocycles. The van der Waals surface area contributed by atoms with Gasteiger partial charge in [0, 0.05) is 23.8 Å². The minimum Gasteiger partial charge on any atom is -0.324 e. The van der Waals surface area contributed by atoms with Gasteiger partial charge in [-0.15, -0.1) is 0 Å². The molecule has 0 saturated carbocycles. The van der Waals surface area contributed by atoms with E-state index in [1.54, 1.807) is 0 Å². The number of carbonyl (C=O) groups excluding carboxylic acids is 2. The Balaban J connectivity index is 1.85. The van der Waals surface area contributed by atoms with Crippen LogP contribution in [0, 0.1) is 12.7 Å². The maximum atomic E-state index is 13.8. The van der Waals surface area contributed by atoms with Crippen LogP contribution in [0.1, 0.15) is 40.1 Å². The van der Waals surface area contributed by atoms with Crippen molar-refractivity contribution in [2.45, 2.75) is 26.3 Å². The van der Waals surface area contributed by atoms with Crippen molar-refractivity contribution in [3.8, 4) is 0 Å². The molecule has 0 aliphatic rings. The minimum atomic E-state index is -1.02. The van der Waals surface area contributed by atoms with Crippen molar-refractivity contribution in [1.82, 2.24) is 9.97 Å². The number of anilines is 2. The van der Waals surface area contributed by atoms with Crippen molar-refractivity contribution in [2.75, 3.05) is 10.2 Å². The predicted octanol–water partition coefficient (Wildman–Crippen LogP) is 5.51. The molecule has 3 aromatic carbocycles. The number of rotatable bonds is 7. The van der Waals surface area contributed by atoms with Gasteiger partial charge in [0.2, 0.25) is 0 Å². The highest BCUT2D eigenvalue weighted by Gasteiger charge is 2.35. The van der Waals surface area contributed by atoms with Gasteiger partial charge in [-0.25, -0.2) is 9.37 Å². The highest BCUT2D eigenvalue weighted by molar-refractivity contribution is 6.11. The second-order valence-electron chi connectivity index (χ2n) is 8.04. The van der Waals surface area contributed by atoms with E-state index in [4.69, 9.17) is 0 Å². The molecule has 35 heavy (non-hydrogen) atoms. The third kappa shape index (κ3) is 5.41. The van der Waals surface area contributed by atoms with Crippen LogP contribution in [-0.4, -0.2) is 21.8 Å². The molecule has 1 atom stereocenters. The topological polar surface area (TPSA) is 75.2 Å². The van der Waals surface area contributed by atoms with Crippen LogP contribution in [0.15, 0.2) is 91.4 Å². The van der Waals surface area contributed by atoms with Gasteiger partial charge < -0.3 is 5.32 Å². The molecular formula is C28H25FN4O2. The van der Waals surface area contributed by atoms with E-state index in [0.717, 1.165) is 17.5 Å². The summed E-state index contributed by atoms with van der Waals surface area (Å²) in [5, 5.41) is 2.84. The number of halogens is 1. The standard InChI is InChI=1S/C28H25FN4O2/c1-3-20-8-14-23(15-9-20)33(28(35)25-18-30-16-17-31-25)26(24-7-5-4-6-19(24)2)27(34)32-22-12-10-21(29)11-13-22/h4-18,26H,3H2,1-2H3,(H,32,34)/t26-/m1/s1. The van der Waals surface area contributed by atoms with E-state index in [1.165, 1.54) is 47.8 Å². The summed E-state index contributed by atoms with van der Waals surface area (Å²) in [5.74, 6) is -1.32. The van der Waals surface area contributed by atoms with E-state index < -0.39 is 23.7 Å². The Morgan fingerprint density at radius 3 is 2.31 bits per heavy atom. The molecule has 176 valence electrons. The Morgan fingerprint density at radius 2 is 1.69 bits per heavy atom. The molecule has 6 nitrogen and oxygen atoms in total. The Kier molecular flexibility index (Phi) is 7.26. The molecule has 1 N–H and O–H groups in total. The molecule has 7 heteroatoms. The van der Waals surface area contributed by atoms with Crippen molar-refractivity contribution in [3.05, 3.63) is 120 Å². The van der Waals surface area contributed by atoms with Crippen LogP contribution < -0.4 is 10.2 Å². The van der Waals surface area contributed by atoms with Crippen molar-refractivity contribution >= 4 is 23.2 Å². The van der Waals surface area contributed by atoms with Crippen LogP contribution in [0.2, 0.25) is 0 Å². The first-order valence-electron chi connectivity index (χ1n) is 11.3. The summed E-state index contributed by atoms with van der Waals surface area (Å²) in [6.45, 7) is 3.93. The number of benzene rings is 3. The lowest BCUT2D eigenvalue weighted by Gasteiger charge is -2.32. The molecule has 1 heterocycles. The second kappa shape index (κ2) is 10.7. The van der Waals surface area contributed by atoms with Crippen LogP contribution >= 0.6 is 0 Å². The van der Waals surface area contributed by atoms with Gasteiger partial charge in [-0.3, -0.25) is 19.5 Å². The number of carbonyl (C=O) groups is 2. The number of amides is 2. The normalized spacial score (nSPS) is 11.5. The number of nitrogens with zero attached hydrogens (tertiary/aromatic N) is 3. The first-order valence-corrected chi connectivity index (χ1v) is 11.3. The Morgan fingerprint density at radius 1 is 0.971 bits per heavy atom. The lowest BCUT2D eigenvalue weighted by Crippen LogP contribution is -2.42. The second-order valence-corrected chi connectivity index (χ2v) is 8.04. The van der Waals surface area contributed by atoms with Gasteiger partial charge >= 0.3 is 0 Å². The summed E-state index contributed by atoms with van der Waals surface area (Å²) in [5.41, 5.74) is 3.67. The zero-order valence-electron chi connectivity index (χ0n) is 19.5. The first kappa shape index (κ1) is 23.8. The van der Waals surface area contributed by atoms with Crippen LogP contribution in [0.5, 0.6) is 0 Å². The van der Waals surface area contributed by atoms with Gasteiger partial charge in [0.1, 0.15) is 17.6 Å². The van der Waals surface area contributed by atoms with Crippen molar-refractivity contribution in [3.63, 3.8) is 0 Å². The molecule has 0 fully saturated rings. The molecule has 0 bridgehead atoms. The molecule has 1 aromatic heterocycles. The third-order valence-electron chi connectivity index (χ3n) is 5.73. The number of nitrogens with one attached hydrogen (secondary N) is 1. The molecule has 0 unspecified atom stereocenters. The number of hydrogen-bond donors (Lipinski definition) is 1. The average Bonchev–Trinajstić information content (AvgIpc) is 2.89. The molecule has 0 aliphatic carbocycles. The maximum absolute atomic E-state index is 13.8. The number of aromatic nitrogens is 2. The maximum Gasteiger partial charge on any atom is 0.279 e. The van der Waals surface area contributed by atoms with Crippen molar-refractivity contribution in [2.24, 2.45) is 0 Å². The molecule has 0 spiro atoms. The lowest BCUT2D eigenvalue weighted by atomic mass is 9.97. The Labute approximate surface area is 203 Å². The molecule has 4 rings (SSSR count). The van der Waals surface area contributed by atoms with E-state index in [1.807, 2.05) is 62.4 Å². The van der Waals surface area contributed by atoms with E-state index in [-0.39, 0.29) is 5.69 Å². The number of aryl methyl sites for hydroxylation is 2. The average molecular weight is 469 g/mol. The Hall–Kier alpha value is -4.39. The predicted molar refractivity (Wildman–Crippen MR) is 134 cm³/mol. The van der Waals surface area contributed by atoms with Gasteiger partial charge in [0.05, 0.1) is 6.20 Å². The molecule has 2 amide bonds. The summed E-state index contributed by atoms with van der Waals surface area (Å²) in [7, 11) is 0. The van der Waals surface area contributed by atoms with Gasteiger partial charge in [-0.1, -0.05) is 43.3 Å². The van der Waals surface area contributed by atoms with Crippen LogP contribution in [0.25, 0.3) is 0 Å². The summed E-state index contributed by atoms with van der Waals surface area (Å²) >= 11 is 0. The van der Waals surface area contributed by atoms with Crippen LogP contribution in [-0.2, 0) is 11.2 Å². The van der Waals surface area contributed by atoms with E-state index in [2.05, 4.69) is 15.3 Å². The molecule has 0 saturated heterocycles. The van der Waals surface area contributed by atoms with Gasteiger partial charge in [-0.05, 0) is 66.4 Å². The van der Waals surface area contributed by atoms with E-state index >= 15 is 0 Å². The fraction of sp³-hybridized carbons (Fsp3) is 0.143. The first-order chi connectivity index (χ1) is 17.0. The molecule has 4 aromatic rings. The zero-order valence-corrected chi connectivity index (χ0v) is 19.5. The fourth-order valence-electron chi connectivity index (χ4n) is 3.84. The summed E-state index contributed by atoms with van der Waals surface area (Å²) < 4.78 is 13.4. The highest BCUT2D eigenvalue weighted by Crippen LogP contribution is 2.32. The summed E-state index contributed by atoms with van der Waals surface area (Å²) in [6.07, 6.45) is 5.14. The third-order valence-corrected chi connectivity index (χ3v) is 5.73. The van der Waals surface area contributed by atoms with Crippen LogP contribution in [0.4, 0.5) is 15.8 Å². The monoisotopic (exact) mass is 468 g/mol. The fourth-order valence-corrected chi connectivity index (χ4v) is 3.84. The van der Waals surface area contributed by atoms with Gasteiger partial charge in [0.25, 0.3) is 11.8 Å². The van der Waals surface area contributed by atoms with Crippen molar-refractivity contribution in [1.29, 1.82) is 0 Å². The zero-order chi connectivity index (χ0) is 24.8. The van der Waals surface area contributed by atoms with E-state index in [9.17, 15) is 14.0 Å². The Bertz CT molecular complexity index is 1310. The quantitative estimate of drug-likeness (QED) is 0.388. The molecular weight excluding hydrogens is 443 g/mol. The van der Waals surface area contributed by atoms with Crippen molar-refractivity contribution < 1.29 is 14.0 Å². The largest absolute Gasteiger partial charge is 0.324 e. The van der Waals surface area contributed by atoms with Gasteiger partial charge in [0.15, 0.2) is 0 Å². The van der Waals surface area contributed by atoms with Crippen LogP contribution in [0.3, 0.4) is 0 Å². The molecule has 0 radical (unpaired) electrons.